The first kappa shape index (κ1) is 26.9. The van der Waals surface area contributed by atoms with Gasteiger partial charge in [-0.25, -0.2) is 9.37 Å². The fraction of sp³-hybridized carbons (Fsp3) is 0.517. The normalized spacial score (nSPS) is 20.9. The van der Waals surface area contributed by atoms with Gasteiger partial charge >= 0.3 is 5.97 Å². The lowest BCUT2D eigenvalue weighted by molar-refractivity contribution is -0.142. The first-order valence-electron chi connectivity index (χ1n) is 13.7. The van der Waals surface area contributed by atoms with Crippen molar-refractivity contribution in [3.05, 3.63) is 36.1 Å². The Balaban J connectivity index is 1.59. The summed E-state index contributed by atoms with van der Waals surface area (Å²) in [6.07, 6.45) is 7.30. The number of rotatable bonds is 8. The van der Waals surface area contributed by atoms with E-state index in [1.807, 2.05) is 4.57 Å². The minimum atomic E-state index is -0.774. The van der Waals surface area contributed by atoms with Crippen molar-refractivity contribution in [3.8, 4) is 23.1 Å². The second kappa shape index (κ2) is 11.6. The molecule has 208 valence electrons. The fourth-order valence-corrected chi connectivity index (χ4v) is 6.17. The van der Waals surface area contributed by atoms with Crippen LogP contribution in [0.1, 0.15) is 63.8 Å². The van der Waals surface area contributed by atoms with Crippen LogP contribution in [0.4, 0.5) is 4.39 Å². The number of aromatic nitrogens is 3. The van der Waals surface area contributed by atoms with Gasteiger partial charge in [-0.3, -0.25) is 9.59 Å². The number of fused-ring (bicyclic) bond motifs is 1. The van der Waals surface area contributed by atoms with E-state index in [0.29, 0.717) is 59.9 Å². The number of ether oxygens (including phenoxy) is 2. The Morgan fingerprint density at radius 2 is 1.74 bits per heavy atom. The molecule has 2 N–H and O–H groups in total. The highest BCUT2D eigenvalue weighted by Gasteiger charge is 2.37. The van der Waals surface area contributed by atoms with E-state index in [2.05, 4.69) is 10.3 Å². The summed E-state index contributed by atoms with van der Waals surface area (Å²) < 4.78 is 27.1. The van der Waals surface area contributed by atoms with E-state index in [4.69, 9.17) is 14.5 Å². The molecule has 2 saturated carbocycles. The number of nitrogens with zero attached hydrogens (tertiary/aromatic N) is 3. The number of aliphatic carboxylic acids is 1. The number of benzene rings is 1. The highest BCUT2D eigenvalue weighted by atomic mass is 19.1. The maximum Gasteiger partial charge on any atom is 0.306 e. The van der Waals surface area contributed by atoms with Crippen LogP contribution in [0.15, 0.2) is 30.3 Å². The van der Waals surface area contributed by atoms with Crippen LogP contribution < -0.4 is 14.8 Å². The Labute approximate surface area is 226 Å². The Morgan fingerprint density at radius 3 is 2.41 bits per heavy atom. The lowest BCUT2D eigenvalue weighted by Gasteiger charge is -2.34. The Bertz CT molecular complexity index is 1340. The number of amides is 1. The zero-order valence-electron chi connectivity index (χ0n) is 22.4. The smallest absolute Gasteiger partial charge is 0.306 e. The van der Waals surface area contributed by atoms with Crippen LogP contribution in [0.3, 0.4) is 0 Å². The minimum absolute atomic E-state index is 0.0625. The second-order valence-corrected chi connectivity index (χ2v) is 10.6. The third-order valence-electron chi connectivity index (χ3n) is 8.20. The number of nitrogens with one attached hydrogen (secondary N) is 1. The minimum Gasteiger partial charge on any atom is -0.481 e. The molecule has 1 amide bonds. The van der Waals surface area contributed by atoms with Crippen LogP contribution in [-0.2, 0) is 9.59 Å². The zero-order valence-corrected chi connectivity index (χ0v) is 22.4. The number of hydrogen-bond acceptors (Lipinski definition) is 6. The first-order valence-corrected chi connectivity index (χ1v) is 13.7. The molecular weight excluding hydrogens is 503 g/mol. The van der Waals surface area contributed by atoms with Gasteiger partial charge in [0.1, 0.15) is 17.7 Å². The van der Waals surface area contributed by atoms with E-state index < -0.39 is 17.8 Å². The predicted molar refractivity (Wildman–Crippen MR) is 143 cm³/mol. The van der Waals surface area contributed by atoms with Gasteiger partial charge in [-0.05, 0) is 62.6 Å². The molecule has 0 aliphatic heterocycles. The van der Waals surface area contributed by atoms with Gasteiger partial charge in [-0.2, -0.15) is 4.98 Å². The lowest BCUT2D eigenvalue weighted by atomic mass is 9.82. The van der Waals surface area contributed by atoms with E-state index in [1.54, 1.807) is 18.2 Å². The van der Waals surface area contributed by atoms with E-state index in [9.17, 15) is 19.1 Å². The van der Waals surface area contributed by atoms with Gasteiger partial charge in [0.15, 0.2) is 0 Å². The molecule has 10 heteroatoms. The topological polar surface area (TPSA) is 116 Å². The standard InChI is InChI=1S/C29H35FN4O5/c1-38-24-15-13-21(28(33-24)39-2)26-32-22-16-19(30)10-14-23(22)34(26)25(17-6-4-3-5-7-17)27(35)31-20-11-8-18(9-12-20)29(36)37/h10,13-18,20,25H,3-9,11-12H2,1-2H3,(H,31,35)(H,36,37)/t18-,20-,25?. The van der Waals surface area contributed by atoms with Gasteiger partial charge in [0.25, 0.3) is 0 Å². The number of pyridine rings is 1. The molecule has 9 nitrogen and oxygen atoms in total. The Morgan fingerprint density at radius 1 is 1.00 bits per heavy atom. The Kier molecular flexibility index (Phi) is 7.99. The largest absolute Gasteiger partial charge is 0.481 e. The van der Waals surface area contributed by atoms with Crippen molar-refractivity contribution in [2.75, 3.05) is 14.2 Å². The average molecular weight is 539 g/mol. The second-order valence-electron chi connectivity index (χ2n) is 10.6. The number of carboxylic acid groups (broad SMARTS) is 1. The molecule has 0 bridgehead atoms. The van der Waals surface area contributed by atoms with Gasteiger partial charge in [0.05, 0.1) is 36.7 Å². The number of carbonyl (C=O) groups excluding carboxylic acids is 1. The quantitative estimate of drug-likeness (QED) is 0.408. The fourth-order valence-electron chi connectivity index (χ4n) is 6.17. The van der Waals surface area contributed by atoms with E-state index in [1.165, 1.54) is 26.4 Å². The van der Waals surface area contributed by atoms with Crippen molar-refractivity contribution >= 4 is 22.9 Å². The van der Waals surface area contributed by atoms with Crippen molar-refractivity contribution in [1.29, 1.82) is 0 Å². The summed E-state index contributed by atoms with van der Waals surface area (Å²) in [7, 11) is 3.03. The van der Waals surface area contributed by atoms with Crippen LogP contribution in [-0.4, -0.2) is 51.8 Å². The van der Waals surface area contributed by atoms with E-state index in [0.717, 1.165) is 32.1 Å². The molecule has 3 aromatic rings. The number of methoxy groups -OCH3 is 2. The summed E-state index contributed by atoms with van der Waals surface area (Å²) in [6.45, 7) is 0. The van der Waals surface area contributed by atoms with Gasteiger partial charge < -0.3 is 24.5 Å². The molecule has 2 aliphatic rings. The SMILES string of the molecule is COc1ccc(-c2nc3cc(F)ccc3n2C(C(=O)N[C@H]2CC[C@H](C(=O)O)CC2)C2CCCCC2)c(OC)n1. The number of imidazole rings is 1. The number of carboxylic acids is 1. The third kappa shape index (κ3) is 5.55. The highest BCUT2D eigenvalue weighted by Crippen LogP contribution is 2.40. The van der Waals surface area contributed by atoms with E-state index >= 15 is 0 Å². The summed E-state index contributed by atoms with van der Waals surface area (Å²) in [5, 5.41) is 12.6. The number of hydrogen-bond donors (Lipinski definition) is 2. The molecular formula is C29H35FN4O5. The lowest BCUT2D eigenvalue weighted by Crippen LogP contribution is -2.44. The third-order valence-corrected chi connectivity index (χ3v) is 8.20. The molecule has 5 rings (SSSR count). The molecule has 1 aromatic carbocycles. The maximum atomic E-state index is 14.3. The summed E-state index contributed by atoms with van der Waals surface area (Å²) in [5.41, 5.74) is 1.67. The van der Waals surface area contributed by atoms with Gasteiger partial charge in [0, 0.05) is 18.2 Å². The van der Waals surface area contributed by atoms with Crippen molar-refractivity contribution < 1.29 is 28.6 Å². The van der Waals surface area contributed by atoms with E-state index in [-0.39, 0.29) is 23.8 Å². The molecule has 2 aromatic heterocycles. The van der Waals surface area contributed by atoms with Crippen molar-refractivity contribution in [2.45, 2.75) is 69.9 Å². The molecule has 2 fully saturated rings. The Hall–Kier alpha value is -3.69. The van der Waals surface area contributed by atoms with Crippen molar-refractivity contribution in [3.63, 3.8) is 0 Å². The molecule has 2 aliphatic carbocycles. The molecule has 39 heavy (non-hydrogen) atoms. The predicted octanol–water partition coefficient (Wildman–Crippen LogP) is 5.14. The number of carbonyl (C=O) groups is 2. The summed E-state index contributed by atoms with van der Waals surface area (Å²) in [4.78, 5) is 34.8. The van der Waals surface area contributed by atoms with Gasteiger partial charge in [0.2, 0.25) is 17.7 Å². The van der Waals surface area contributed by atoms with Gasteiger partial charge in [-0.15, -0.1) is 0 Å². The highest BCUT2D eigenvalue weighted by molar-refractivity contribution is 5.88. The van der Waals surface area contributed by atoms with Crippen LogP contribution in [0.25, 0.3) is 22.4 Å². The summed E-state index contributed by atoms with van der Waals surface area (Å²) >= 11 is 0. The zero-order chi connectivity index (χ0) is 27.5. The first-order chi connectivity index (χ1) is 18.9. The maximum absolute atomic E-state index is 14.3. The van der Waals surface area contributed by atoms with Crippen molar-refractivity contribution in [1.82, 2.24) is 19.9 Å². The molecule has 0 radical (unpaired) electrons. The monoisotopic (exact) mass is 538 g/mol. The molecule has 1 unspecified atom stereocenters. The van der Waals surface area contributed by atoms with Crippen LogP contribution in [0, 0.1) is 17.7 Å². The van der Waals surface area contributed by atoms with Crippen LogP contribution >= 0.6 is 0 Å². The van der Waals surface area contributed by atoms with Gasteiger partial charge in [-0.1, -0.05) is 19.3 Å². The van der Waals surface area contributed by atoms with Crippen LogP contribution in [0.5, 0.6) is 11.8 Å². The summed E-state index contributed by atoms with van der Waals surface area (Å²) in [5.74, 6) is -0.456. The molecule has 0 spiro atoms. The summed E-state index contributed by atoms with van der Waals surface area (Å²) in [6, 6.07) is 7.26. The molecule has 1 atom stereocenters. The molecule has 0 saturated heterocycles. The van der Waals surface area contributed by atoms with Crippen molar-refractivity contribution in [2.24, 2.45) is 11.8 Å². The number of halogens is 1. The average Bonchev–Trinajstić information content (AvgIpc) is 3.31. The molecule has 2 heterocycles. The van der Waals surface area contributed by atoms with Crippen LogP contribution in [0.2, 0.25) is 0 Å².